The van der Waals surface area contributed by atoms with E-state index in [1.807, 2.05) is 44.0 Å². The van der Waals surface area contributed by atoms with Crippen LogP contribution >= 0.6 is 0 Å². The van der Waals surface area contributed by atoms with E-state index in [1.165, 1.54) is 18.4 Å². The zero-order valence-electron chi connectivity index (χ0n) is 13.7. The largest absolute Gasteiger partial charge is 0.336 e. The maximum Gasteiger partial charge on any atom is 0.223 e. The number of rotatable bonds is 4. The Labute approximate surface area is 137 Å². The monoisotopic (exact) mass is 312 g/mol. The number of aromatic nitrogens is 3. The normalized spacial score (nSPS) is 18.7. The van der Waals surface area contributed by atoms with Crippen molar-refractivity contribution in [3.05, 3.63) is 48.0 Å². The highest BCUT2D eigenvalue weighted by molar-refractivity contribution is 5.77. The molecule has 0 bridgehead atoms. The molecule has 0 spiro atoms. The average Bonchev–Trinajstić information content (AvgIpc) is 2.85. The molecule has 122 valence electrons. The molecular weight excluding hydrogens is 288 g/mol. The lowest BCUT2D eigenvalue weighted by Gasteiger charge is -2.30. The number of carbonyl (C=O) groups is 1. The third-order valence-electron chi connectivity index (χ3n) is 4.55. The predicted octanol–water partition coefficient (Wildman–Crippen LogP) is 2.89. The van der Waals surface area contributed by atoms with E-state index < -0.39 is 0 Å². The number of hydrogen-bond acceptors (Lipinski definition) is 3. The van der Waals surface area contributed by atoms with Crippen molar-refractivity contribution in [3.8, 4) is 0 Å². The second kappa shape index (κ2) is 7.40. The maximum atomic E-state index is 12.8. The van der Waals surface area contributed by atoms with E-state index in [0.29, 0.717) is 6.42 Å². The van der Waals surface area contributed by atoms with E-state index in [-0.39, 0.29) is 11.9 Å². The minimum atomic E-state index is 0.196. The van der Waals surface area contributed by atoms with Gasteiger partial charge in [-0.1, -0.05) is 12.8 Å². The predicted molar refractivity (Wildman–Crippen MR) is 88.7 cm³/mol. The van der Waals surface area contributed by atoms with E-state index >= 15 is 0 Å². The Morgan fingerprint density at radius 3 is 2.83 bits per heavy atom. The van der Waals surface area contributed by atoms with Crippen molar-refractivity contribution in [1.82, 2.24) is 19.7 Å². The summed E-state index contributed by atoms with van der Waals surface area (Å²) in [6, 6.07) is 4.27. The molecule has 5 nitrogen and oxygen atoms in total. The summed E-state index contributed by atoms with van der Waals surface area (Å²) in [4.78, 5) is 19.0. The van der Waals surface area contributed by atoms with Gasteiger partial charge in [0.15, 0.2) is 0 Å². The van der Waals surface area contributed by atoms with Crippen LogP contribution in [-0.2, 0) is 18.3 Å². The van der Waals surface area contributed by atoms with Crippen LogP contribution in [0.1, 0.15) is 49.3 Å². The molecule has 0 unspecified atom stereocenters. The minimum absolute atomic E-state index is 0.196. The number of pyridine rings is 1. The topological polar surface area (TPSA) is 51.0 Å². The molecular formula is C18H24N4O. The second-order valence-electron chi connectivity index (χ2n) is 6.26. The standard InChI is InChI=1S/C18H24N4O/c1-21-14-15(13-20-21)6-7-18(23)22-12-4-2-3-5-17(22)16-8-10-19-11-9-16/h8-11,13-14,17H,2-7,12H2,1H3/t17-/m1/s1. The summed E-state index contributed by atoms with van der Waals surface area (Å²) in [6.45, 7) is 0.860. The molecule has 3 heterocycles. The van der Waals surface area contributed by atoms with Crippen molar-refractivity contribution in [2.75, 3.05) is 6.54 Å². The molecule has 5 heteroatoms. The average molecular weight is 312 g/mol. The van der Waals surface area contributed by atoms with Gasteiger partial charge in [-0.3, -0.25) is 14.5 Å². The fourth-order valence-corrected chi connectivity index (χ4v) is 3.33. The second-order valence-corrected chi connectivity index (χ2v) is 6.26. The molecule has 3 rings (SSSR count). The van der Waals surface area contributed by atoms with Crippen LogP contribution in [-0.4, -0.2) is 32.1 Å². The van der Waals surface area contributed by atoms with Crippen LogP contribution in [0.3, 0.4) is 0 Å². The maximum absolute atomic E-state index is 12.8. The summed E-state index contributed by atoms with van der Waals surface area (Å²) in [6.07, 6.45) is 13.3. The van der Waals surface area contributed by atoms with Crippen LogP contribution in [0.15, 0.2) is 36.9 Å². The molecule has 1 aliphatic heterocycles. The Balaban J connectivity index is 1.70. The lowest BCUT2D eigenvalue weighted by Crippen LogP contribution is -2.35. The van der Waals surface area contributed by atoms with Crippen molar-refractivity contribution in [3.63, 3.8) is 0 Å². The highest BCUT2D eigenvalue weighted by Crippen LogP contribution is 2.30. The summed E-state index contributed by atoms with van der Waals surface area (Å²) in [5.41, 5.74) is 2.33. The van der Waals surface area contributed by atoms with E-state index in [0.717, 1.165) is 31.4 Å². The Bertz CT molecular complexity index is 637. The zero-order chi connectivity index (χ0) is 16.1. The van der Waals surface area contributed by atoms with E-state index in [1.54, 1.807) is 4.68 Å². The Morgan fingerprint density at radius 2 is 2.09 bits per heavy atom. The smallest absolute Gasteiger partial charge is 0.223 e. The Kier molecular flexibility index (Phi) is 5.05. The first kappa shape index (κ1) is 15.7. The molecule has 0 radical (unpaired) electrons. The summed E-state index contributed by atoms with van der Waals surface area (Å²) in [7, 11) is 1.90. The third kappa shape index (κ3) is 3.97. The fraction of sp³-hybridized carbons (Fsp3) is 0.500. The van der Waals surface area contributed by atoms with Gasteiger partial charge in [0.1, 0.15) is 0 Å². The number of aryl methyl sites for hydroxylation is 2. The highest BCUT2D eigenvalue weighted by atomic mass is 16.2. The SMILES string of the molecule is Cn1cc(CCC(=O)N2CCCCC[C@@H]2c2ccncc2)cn1. The molecule has 2 aromatic rings. The van der Waals surface area contributed by atoms with Gasteiger partial charge in [0.2, 0.25) is 5.91 Å². The van der Waals surface area contributed by atoms with Crippen LogP contribution in [0, 0.1) is 0 Å². The summed E-state index contributed by atoms with van der Waals surface area (Å²) in [5.74, 6) is 0.248. The van der Waals surface area contributed by atoms with Crippen molar-refractivity contribution >= 4 is 5.91 Å². The van der Waals surface area contributed by atoms with Gasteiger partial charge in [-0.15, -0.1) is 0 Å². The number of nitrogens with zero attached hydrogens (tertiary/aromatic N) is 4. The van der Waals surface area contributed by atoms with Crippen LogP contribution in [0.25, 0.3) is 0 Å². The summed E-state index contributed by atoms with van der Waals surface area (Å²) >= 11 is 0. The van der Waals surface area contributed by atoms with Crippen LogP contribution in [0.2, 0.25) is 0 Å². The number of amides is 1. The van der Waals surface area contributed by atoms with E-state index in [4.69, 9.17) is 0 Å². The molecule has 1 amide bonds. The number of likely N-dealkylation sites (tertiary alicyclic amines) is 1. The van der Waals surface area contributed by atoms with Crippen molar-refractivity contribution in [2.24, 2.45) is 7.05 Å². The first-order valence-corrected chi connectivity index (χ1v) is 8.41. The van der Waals surface area contributed by atoms with Gasteiger partial charge >= 0.3 is 0 Å². The molecule has 0 saturated carbocycles. The van der Waals surface area contributed by atoms with E-state index in [2.05, 4.69) is 15.0 Å². The Hall–Kier alpha value is -2.17. The lowest BCUT2D eigenvalue weighted by atomic mass is 10.0. The number of carbonyl (C=O) groups excluding carboxylic acids is 1. The highest BCUT2D eigenvalue weighted by Gasteiger charge is 2.26. The molecule has 0 aliphatic carbocycles. The van der Waals surface area contributed by atoms with E-state index in [9.17, 15) is 4.79 Å². The van der Waals surface area contributed by atoms with Crippen molar-refractivity contribution in [1.29, 1.82) is 0 Å². The molecule has 0 aromatic carbocycles. The van der Waals surface area contributed by atoms with Crippen LogP contribution < -0.4 is 0 Å². The number of hydrogen-bond donors (Lipinski definition) is 0. The minimum Gasteiger partial charge on any atom is -0.336 e. The van der Waals surface area contributed by atoms with Gasteiger partial charge in [-0.2, -0.15) is 5.10 Å². The third-order valence-corrected chi connectivity index (χ3v) is 4.55. The molecule has 1 atom stereocenters. The molecule has 1 saturated heterocycles. The van der Waals surface area contributed by atoms with Gasteiger partial charge in [-0.25, -0.2) is 0 Å². The van der Waals surface area contributed by atoms with Gasteiger partial charge in [0.05, 0.1) is 12.2 Å². The van der Waals surface area contributed by atoms with Gasteiger partial charge in [0, 0.05) is 38.6 Å². The molecule has 1 aliphatic rings. The molecule has 0 N–H and O–H groups in total. The molecule has 1 fully saturated rings. The molecule has 23 heavy (non-hydrogen) atoms. The van der Waals surface area contributed by atoms with Gasteiger partial charge in [0.25, 0.3) is 0 Å². The summed E-state index contributed by atoms with van der Waals surface area (Å²) < 4.78 is 1.78. The Morgan fingerprint density at radius 1 is 1.26 bits per heavy atom. The lowest BCUT2D eigenvalue weighted by molar-refractivity contribution is -0.133. The zero-order valence-corrected chi connectivity index (χ0v) is 13.7. The van der Waals surface area contributed by atoms with Crippen molar-refractivity contribution in [2.45, 2.75) is 44.6 Å². The summed E-state index contributed by atoms with van der Waals surface area (Å²) in [5, 5.41) is 4.17. The van der Waals surface area contributed by atoms with Crippen LogP contribution in [0.4, 0.5) is 0 Å². The quantitative estimate of drug-likeness (QED) is 0.872. The van der Waals surface area contributed by atoms with Crippen molar-refractivity contribution < 1.29 is 4.79 Å². The molecule has 2 aromatic heterocycles. The van der Waals surface area contributed by atoms with Gasteiger partial charge < -0.3 is 4.90 Å². The first-order chi connectivity index (χ1) is 11.2. The van der Waals surface area contributed by atoms with Crippen LogP contribution in [0.5, 0.6) is 0 Å². The van der Waals surface area contributed by atoms with Gasteiger partial charge in [-0.05, 0) is 42.5 Å². The fourth-order valence-electron chi connectivity index (χ4n) is 3.33. The first-order valence-electron chi connectivity index (χ1n) is 8.41.